The van der Waals surface area contributed by atoms with Crippen molar-refractivity contribution in [3.63, 3.8) is 0 Å². The average molecular weight is 341 g/mol. The van der Waals surface area contributed by atoms with E-state index < -0.39 is 5.97 Å². The molecule has 2 N–H and O–H groups in total. The van der Waals surface area contributed by atoms with E-state index in [0.29, 0.717) is 18.9 Å². The van der Waals surface area contributed by atoms with Gasteiger partial charge in [-0.2, -0.15) is 0 Å². The van der Waals surface area contributed by atoms with Crippen molar-refractivity contribution < 1.29 is 14.7 Å². The number of anilines is 1. The van der Waals surface area contributed by atoms with Gasteiger partial charge in [0.2, 0.25) is 5.91 Å². The SMILES string of the molecule is CC(C)c1ccccc1NC(=O)CN1CCCC(C(=O)O)C1.Cl. The highest BCUT2D eigenvalue weighted by Crippen LogP contribution is 2.23. The first-order chi connectivity index (χ1) is 10.5. The fourth-order valence-electron chi connectivity index (χ4n) is 2.91. The number of hydrogen-bond donors (Lipinski definition) is 2. The van der Waals surface area contributed by atoms with Crippen LogP contribution in [0.2, 0.25) is 0 Å². The molecule has 1 fully saturated rings. The zero-order valence-corrected chi connectivity index (χ0v) is 14.4. The summed E-state index contributed by atoms with van der Waals surface area (Å²) < 4.78 is 0. The van der Waals surface area contributed by atoms with Crippen molar-refractivity contribution >= 4 is 30.0 Å². The summed E-state index contributed by atoms with van der Waals surface area (Å²) >= 11 is 0. The van der Waals surface area contributed by atoms with Crippen LogP contribution in [-0.2, 0) is 9.59 Å². The lowest BCUT2D eigenvalue weighted by atomic mass is 9.98. The van der Waals surface area contributed by atoms with Crippen molar-refractivity contribution in [1.82, 2.24) is 4.90 Å². The van der Waals surface area contributed by atoms with Crippen LogP contribution in [0.4, 0.5) is 5.69 Å². The van der Waals surface area contributed by atoms with Gasteiger partial charge in [0.25, 0.3) is 0 Å². The third-order valence-corrected chi connectivity index (χ3v) is 4.08. The minimum absolute atomic E-state index is 0. The fourth-order valence-corrected chi connectivity index (χ4v) is 2.91. The predicted molar refractivity (Wildman–Crippen MR) is 93.2 cm³/mol. The van der Waals surface area contributed by atoms with Crippen molar-refractivity contribution in [2.75, 3.05) is 25.0 Å². The maximum absolute atomic E-state index is 12.2. The lowest BCUT2D eigenvalue weighted by molar-refractivity contribution is -0.144. The molecule has 0 aliphatic carbocycles. The minimum Gasteiger partial charge on any atom is -0.481 e. The molecular weight excluding hydrogens is 316 g/mol. The van der Waals surface area contributed by atoms with E-state index in [-0.39, 0.29) is 30.8 Å². The van der Waals surface area contributed by atoms with Crippen LogP contribution in [0.1, 0.15) is 38.2 Å². The van der Waals surface area contributed by atoms with E-state index in [1.807, 2.05) is 29.2 Å². The van der Waals surface area contributed by atoms with Crippen molar-refractivity contribution in [3.8, 4) is 0 Å². The zero-order chi connectivity index (χ0) is 16.1. The quantitative estimate of drug-likeness (QED) is 0.864. The number of aliphatic carboxylic acids is 1. The van der Waals surface area contributed by atoms with E-state index >= 15 is 0 Å². The third-order valence-electron chi connectivity index (χ3n) is 4.08. The molecule has 1 aromatic rings. The van der Waals surface area contributed by atoms with Gasteiger partial charge in [0.1, 0.15) is 0 Å². The first-order valence-electron chi connectivity index (χ1n) is 7.81. The Bertz CT molecular complexity index is 548. The predicted octanol–water partition coefficient (Wildman–Crippen LogP) is 2.97. The van der Waals surface area contributed by atoms with Crippen molar-refractivity contribution in [2.24, 2.45) is 5.92 Å². The van der Waals surface area contributed by atoms with Crippen LogP contribution in [0.25, 0.3) is 0 Å². The average Bonchev–Trinajstić information content (AvgIpc) is 2.47. The minimum atomic E-state index is -0.768. The van der Waals surface area contributed by atoms with Gasteiger partial charge in [-0.1, -0.05) is 32.0 Å². The second kappa shape index (κ2) is 8.89. The molecule has 1 unspecified atom stereocenters. The number of carbonyl (C=O) groups is 2. The number of carboxylic acid groups (broad SMARTS) is 1. The van der Waals surface area contributed by atoms with Gasteiger partial charge < -0.3 is 10.4 Å². The summed E-state index contributed by atoms with van der Waals surface area (Å²) in [6, 6.07) is 7.79. The molecule has 0 bridgehead atoms. The summed E-state index contributed by atoms with van der Waals surface area (Å²) in [5.74, 6) is -0.873. The van der Waals surface area contributed by atoms with Crippen LogP contribution in [0.15, 0.2) is 24.3 Å². The molecule has 1 aliphatic rings. The molecule has 0 spiro atoms. The number of amides is 1. The summed E-state index contributed by atoms with van der Waals surface area (Å²) in [5.41, 5.74) is 1.95. The van der Waals surface area contributed by atoms with Crippen LogP contribution >= 0.6 is 12.4 Å². The van der Waals surface area contributed by atoms with Gasteiger partial charge in [-0.25, -0.2) is 0 Å². The Morgan fingerprint density at radius 1 is 1.35 bits per heavy atom. The van der Waals surface area contributed by atoms with Crippen molar-refractivity contribution in [1.29, 1.82) is 0 Å². The maximum Gasteiger partial charge on any atom is 0.307 e. The Morgan fingerprint density at radius 2 is 2.04 bits per heavy atom. The molecule has 2 rings (SSSR count). The number of nitrogens with zero attached hydrogens (tertiary/aromatic N) is 1. The van der Waals surface area contributed by atoms with E-state index in [1.54, 1.807) is 0 Å². The summed E-state index contributed by atoms with van der Waals surface area (Å²) in [6.45, 7) is 5.66. The third kappa shape index (κ3) is 5.52. The van der Waals surface area contributed by atoms with Gasteiger partial charge >= 0.3 is 5.97 Å². The molecule has 1 amide bonds. The first kappa shape index (κ1) is 19.5. The molecule has 1 atom stereocenters. The molecule has 1 aromatic carbocycles. The van der Waals surface area contributed by atoms with Gasteiger partial charge in [0.05, 0.1) is 12.5 Å². The second-order valence-corrected chi connectivity index (χ2v) is 6.20. The van der Waals surface area contributed by atoms with Gasteiger partial charge in [-0.3, -0.25) is 14.5 Å². The molecule has 0 aromatic heterocycles. The van der Waals surface area contributed by atoms with E-state index in [0.717, 1.165) is 24.2 Å². The highest BCUT2D eigenvalue weighted by molar-refractivity contribution is 5.93. The lowest BCUT2D eigenvalue weighted by Crippen LogP contribution is -2.42. The summed E-state index contributed by atoms with van der Waals surface area (Å²) in [6.07, 6.45) is 1.52. The number of hydrogen-bond acceptors (Lipinski definition) is 3. The molecule has 23 heavy (non-hydrogen) atoms. The molecule has 6 heteroatoms. The molecule has 0 saturated carbocycles. The van der Waals surface area contributed by atoms with Gasteiger partial charge in [-0.05, 0) is 36.9 Å². The van der Waals surface area contributed by atoms with Crippen molar-refractivity contribution in [2.45, 2.75) is 32.6 Å². The summed E-state index contributed by atoms with van der Waals surface area (Å²) in [5, 5.41) is 12.1. The Hall–Kier alpha value is -1.59. The summed E-state index contributed by atoms with van der Waals surface area (Å²) in [4.78, 5) is 25.2. The first-order valence-corrected chi connectivity index (χ1v) is 7.81. The van der Waals surface area contributed by atoms with E-state index in [1.165, 1.54) is 0 Å². The van der Waals surface area contributed by atoms with Gasteiger partial charge in [-0.15, -0.1) is 12.4 Å². The van der Waals surface area contributed by atoms with Crippen LogP contribution in [0.3, 0.4) is 0 Å². The molecule has 128 valence electrons. The van der Waals surface area contributed by atoms with E-state index in [2.05, 4.69) is 19.2 Å². The number of piperidine rings is 1. The Morgan fingerprint density at radius 3 is 2.70 bits per heavy atom. The highest BCUT2D eigenvalue weighted by Gasteiger charge is 2.26. The van der Waals surface area contributed by atoms with Gasteiger partial charge in [0.15, 0.2) is 0 Å². The zero-order valence-electron chi connectivity index (χ0n) is 13.6. The lowest BCUT2D eigenvalue weighted by Gasteiger charge is -2.30. The standard InChI is InChI=1S/C17H24N2O3.ClH/c1-12(2)14-7-3-4-8-15(14)18-16(20)11-19-9-5-6-13(10-19)17(21)22;/h3-4,7-8,12-13H,5-6,9-11H2,1-2H3,(H,18,20)(H,21,22);1H. The Balaban J connectivity index is 0.00000264. The number of nitrogens with one attached hydrogen (secondary N) is 1. The summed E-state index contributed by atoms with van der Waals surface area (Å²) in [7, 11) is 0. The number of para-hydroxylation sites is 1. The number of rotatable bonds is 5. The Kier molecular flexibility index (Phi) is 7.52. The van der Waals surface area contributed by atoms with Crippen LogP contribution in [-0.4, -0.2) is 41.5 Å². The number of benzene rings is 1. The molecule has 1 heterocycles. The number of carboxylic acids is 1. The highest BCUT2D eigenvalue weighted by atomic mass is 35.5. The van der Waals surface area contributed by atoms with Crippen LogP contribution < -0.4 is 5.32 Å². The van der Waals surface area contributed by atoms with E-state index in [4.69, 9.17) is 5.11 Å². The van der Waals surface area contributed by atoms with Crippen LogP contribution in [0.5, 0.6) is 0 Å². The van der Waals surface area contributed by atoms with E-state index in [9.17, 15) is 9.59 Å². The molecule has 1 saturated heterocycles. The number of likely N-dealkylation sites (tertiary alicyclic amines) is 1. The van der Waals surface area contributed by atoms with Crippen LogP contribution in [0, 0.1) is 5.92 Å². The monoisotopic (exact) mass is 340 g/mol. The Labute approximate surface area is 143 Å². The molecule has 1 aliphatic heterocycles. The smallest absolute Gasteiger partial charge is 0.307 e. The normalized spacial score (nSPS) is 18.3. The second-order valence-electron chi connectivity index (χ2n) is 6.20. The van der Waals surface area contributed by atoms with Gasteiger partial charge in [0, 0.05) is 12.2 Å². The van der Waals surface area contributed by atoms with Crippen molar-refractivity contribution in [3.05, 3.63) is 29.8 Å². The molecule has 5 nitrogen and oxygen atoms in total. The topological polar surface area (TPSA) is 69.6 Å². The number of carbonyl (C=O) groups excluding carboxylic acids is 1. The molecular formula is C17H25ClN2O3. The molecule has 0 radical (unpaired) electrons. The largest absolute Gasteiger partial charge is 0.481 e. The maximum atomic E-state index is 12.2. The fraction of sp³-hybridized carbons (Fsp3) is 0.529. The number of halogens is 1.